The molecule has 0 unspecified atom stereocenters. The quantitative estimate of drug-likeness (QED) is 0.529. The summed E-state index contributed by atoms with van der Waals surface area (Å²) < 4.78 is 12.4. The normalized spacial score (nSPS) is 13.3. The van der Waals surface area contributed by atoms with E-state index in [0.29, 0.717) is 30.4 Å². The SMILES string of the molecule is CCOC(=O)CCn1nc(C)c(-c2ccc(N3CCOc4ncnc(N)c4C3=O)cc2Cl)c1C. The second kappa shape index (κ2) is 9.68. The number of carbonyl (C=O) groups is 2. The number of benzene rings is 1. The Morgan fingerprint density at radius 1 is 1.26 bits per heavy atom. The molecule has 3 heterocycles. The number of hydrogen-bond donors (Lipinski definition) is 1. The van der Waals surface area contributed by atoms with Gasteiger partial charge in [0, 0.05) is 22.5 Å². The summed E-state index contributed by atoms with van der Waals surface area (Å²) in [5, 5.41) is 5.03. The third-order valence-corrected chi connectivity index (χ3v) is 5.92. The molecular formula is C23H25ClN6O4. The molecule has 1 aromatic carbocycles. The first-order valence-electron chi connectivity index (χ1n) is 10.9. The van der Waals surface area contributed by atoms with Gasteiger partial charge < -0.3 is 20.1 Å². The fourth-order valence-corrected chi connectivity index (χ4v) is 4.29. The molecule has 10 nitrogen and oxygen atoms in total. The van der Waals surface area contributed by atoms with Crippen LogP contribution in [0.3, 0.4) is 0 Å². The van der Waals surface area contributed by atoms with Crippen molar-refractivity contribution < 1.29 is 19.1 Å². The number of nitrogens with two attached hydrogens (primary N) is 1. The van der Waals surface area contributed by atoms with Crippen LogP contribution >= 0.6 is 11.6 Å². The maximum atomic E-state index is 13.2. The van der Waals surface area contributed by atoms with Crippen molar-refractivity contribution in [1.82, 2.24) is 19.7 Å². The molecule has 0 saturated heterocycles. The van der Waals surface area contributed by atoms with E-state index in [-0.39, 0.29) is 42.2 Å². The van der Waals surface area contributed by atoms with Gasteiger partial charge in [0.05, 0.1) is 36.8 Å². The number of aromatic nitrogens is 4. The number of rotatable bonds is 6. The van der Waals surface area contributed by atoms with Crippen molar-refractivity contribution in [2.45, 2.75) is 33.7 Å². The Labute approximate surface area is 201 Å². The average molecular weight is 485 g/mol. The van der Waals surface area contributed by atoms with Crippen LogP contribution in [0.25, 0.3) is 11.1 Å². The molecule has 3 aromatic rings. The van der Waals surface area contributed by atoms with E-state index in [4.69, 9.17) is 26.8 Å². The van der Waals surface area contributed by atoms with Crippen LogP contribution in [-0.4, -0.2) is 51.4 Å². The molecule has 1 aliphatic rings. The fraction of sp³-hybridized carbons (Fsp3) is 0.348. The molecule has 2 N–H and O–H groups in total. The van der Waals surface area contributed by atoms with Gasteiger partial charge in [-0.3, -0.25) is 14.3 Å². The van der Waals surface area contributed by atoms with Crippen LogP contribution in [0.5, 0.6) is 5.88 Å². The fourth-order valence-electron chi connectivity index (χ4n) is 4.02. The van der Waals surface area contributed by atoms with Gasteiger partial charge in [-0.15, -0.1) is 0 Å². The number of carbonyl (C=O) groups excluding carboxylic acids is 2. The zero-order valence-corrected chi connectivity index (χ0v) is 19.9. The zero-order chi connectivity index (χ0) is 24.4. The summed E-state index contributed by atoms with van der Waals surface area (Å²) in [4.78, 5) is 34.4. The molecule has 0 atom stereocenters. The van der Waals surface area contributed by atoms with E-state index in [1.54, 1.807) is 22.6 Å². The number of hydrogen-bond acceptors (Lipinski definition) is 8. The smallest absolute Gasteiger partial charge is 0.307 e. The van der Waals surface area contributed by atoms with E-state index >= 15 is 0 Å². The summed E-state index contributed by atoms with van der Waals surface area (Å²) in [5.74, 6) is -0.387. The number of amides is 1. The topological polar surface area (TPSA) is 125 Å². The summed E-state index contributed by atoms with van der Waals surface area (Å²) in [6, 6.07) is 5.41. The summed E-state index contributed by atoms with van der Waals surface area (Å²) in [7, 11) is 0. The van der Waals surface area contributed by atoms with E-state index in [1.807, 2.05) is 26.0 Å². The van der Waals surface area contributed by atoms with Crippen LogP contribution in [0.1, 0.15) is 35.1 Å². The number of ether oxygens (including phenoxy) is 2. The molecule has 0 saturated carbocycles. The molecule has 1 amide bonds. The van der Waals surface area contributed by atoms with Crippen molar-refractivity contribution in [3.8, 4) is 17.0 Å². The van der Waals surface area contributed by atoms with E-state index in [9.17, 15) is 9.59 Å². The molecule has 1 aliphatic heterocycles. The minimum absolute atomic E-state index is 0.0612. The van der Waals surface area contributed by atoms with Crippen LogP contribution < -0.4 is 15.4 Å². The molecule has 2 aromatic heterocycles. The van der Waals surface area contributed by atoms with Gasteiger partial charge in [0.1, 0.15) is 24.3 Å². The average Bonchev–Trinajstić information content (AvgIpc) is 2.96. The molecule has 4 rings (SSSR count). The second-order valence-corrected chi connectivity index (χ2v) is 8.14. The molecular weight excluding hydrogens is 460 g/mol. The number of nitrogens with zero attached hydrogens (tertiary/aromatic N) is 5. The van der Waals surface area contributed by atoms with Gasteiger partial charge in [0.25, 0.3) is 5.91 Å². The van der Waals surface area contributed by atoms with Crippen LogP contribution in [-0.2, 0) is 16.1 Å². The highest BCUT2D eigenvalue weighted by Crippen LogP contribution is 2.36. The Morgan fingerprint density at radius 3 is 2.79 bits per heavy atom. The first-order valence-corrected chi connectivity index (χ1v) is 11.2. The monoisotopic (exact) mass is 484 g/mol. The van der Waals surface area contributed by atoms with Crippen molar-refractivity contribution in [2.24, 2.45) is 0 Å². The first-order chi connectivity index (χ1) is 16.3. The van der Waals surface area contributed by atoms with E-state index < -0.39 is 0 Å². The van der Waals surface area contributed by atoms with Crippen molar-refractivity contribution >= 4 is 35.0 Å². The lowest BCUT2D eigenvalue weighted by Gasteiger charge is -2.21. The highest BCUT2D eigenvalue weighted by Gasteiger charge is 2.29. The van der Waals surface area contributed by atoms with Crippen LogP contribution in [0.4, 0.5) is 11.5 Å². The number of fused-ring (bicyclic) bond motifs is 1. The predicted molar refractivity (Wildman–Crippen MR) is 127 cm³/mol. The van der Waals surface area contributed by atoms with Crippen LogP contribution in [0, 0.1) is 13.8 Å². The number of aryl methyl sites for hydroxylation is 2. The Bertz CT molecular complexity index is 1260. The van der Waals surface area contributed by atoms with E-state index in [1.165, 1.54) is 6.33 Å². The summed E-state index contributed by atoms with van der Waals surface area (Å²) in [5.41, 5.74) is 9.99. The molecule has 0 fully saturated rings. The van der Waals surface area contributed by atoms with Gasteiger partial charge in [-0.05, 0) is 32.9 Å². The van der Waals surface area contributed by atoms with Crippen molar-refractivity contribution in [1.29, 1.82) is 0 Å². The lowest BCUT2D eigenvalue weighted by atomic mass is 10.0. The summed E-state index contributed by atoms with van der Waals surface area (Å²) in [6.45, 7) is 6.90. The molecule has 0 aliphatic carbocycles. The van der Waals surface area contributed by atoms with Crippen LogP contribution in [0.15, 0.2) is 24.5 Å². The Balaban J connectivity index is 1.63. The number of halogens is 1. The third kappa shape index (κ3) is 4.41. The van der Waals surface area contributed by atoms with Gasteiger partial charge in [-0.2, -0.15) is 5.10 Å². The molecule has 0 radical (unpaired) electrons. The minimum Gasteiger partial charge on any atom is -0.475 e. The van der Waals surface area contributed by atoms with Gasteiger partial charge >= 0.3 is 5.97 Å². The maximum Gasteiger partial charge on any atom is 0.307 e. The first kappa shape index (κ1) is 23.5. The molecule has 11 heteroatoms. The molecule has 0 bridgehead atoms. The predicted octanol–water partition coefficient (Wildman–Crippen LogP) is 3.18. The maximum absolute atomic E-state index is 13.2. The molecule has 178 valence electrons. The lowest BCUT2D eigenvalue weighted by Crippen LogP contribution is -2.32. The number of esters is 1. The van der Waals surface area contributed by atoms with Gasteiger partial charge in [0.2, 0.25) is 5.88 Å². The highest BCUT2D eigenvalue weighted by atomic mass is 35.5. The number of anilines is 2. The van der Waals surface area contributed by atoms with Gasteiger partial charge in [0.15, 0.2) is 0 Å². The number of nitrogen functional groups attached to an aromatic ring is 1. The van der Waals surface area contributed by atoms with Crippen molar-refractivity contribution in [3.63, 3.8) is 0 Å². The van der Waals surface area contributed by atoms with Gasteiger partial charge in [-0.1, -0.05) is 17.7 Å². The van der Waals surface area contributed by atoms with Crippen LogP contribution in [0.2, 0.25) is 5.02 Å². The Kier molecular flexibility index (Phi) is 6.69. The van der Waals surface area contributed by atoms with E-state index in [0.717, 1.165) is 22.5 Å². The molecule has 34 heavy (non-hydrogen) atoms. The lowest BCUT2D eigenvalue weighted by molar-refractivity contribution is -0.143. The Hall–Kier alpha value is -3.66. The third-order valence-electron chi connectivity index (χ3n) is 5.60. The Morgan fingerprint density at radius 2 is 2.06 bits per heavy atom. The largest absolute Gasteiger partial charge is 0.475 e. The highest BCUT2D eigenvalue weighted by molar-refractivity contribution is 6.33. The van der Waals surface area contributed by atoms with Gasteiger partial charge in [-0.25, -0.2) is 9.97 Å². The minimum atomic E-state index is -0.353. The zero-order valence-electron chi connectivity index (χ0n) is 19.2. The summed E-state index contributed by atoms with van der Waals surface area (Å²) in [6.07, 6.45) is 1.50. The summed E-state index contributed by atoms with van der Waals surface area (Å²) >= 11 is 6.70. The van der Waals surface area contributed by atoms with Crippen molar-refractivity contribution in [3.05, 3.63) is 46.5 Å². The second-order valence-electron chi connectivity index (χ2n) is 7.73. The van der Waals surface area contributed by atoms with Crippen molar-refractivity contribution in [2.75, 3.05) is 30.4 Å². The molecule has 0 spiro atoms. The standard InChI is InChI=1S/C23H25ClN6O4/c1-4-33-18(31)7-8-30-14(3)19(13(2)28-30)16-6-5-15(11-17(16)24)29-9-10-34-22-20(23(29)32)21(25)26-12-27-22/h5-6,11-12H,4,7-10H2,1-3H3,(H2,25,26,27). The van der Waals surface area contributed by atoms with E-state index in [2.05, 4.69) is 15.1 Å².